The predicted molar refractivity (Wildman–Crippen MR) is 154 cm³/mol. The number of aromatic nitrogens is 3. The van der Waals surface area contributed by atoms with Gasteiger partial charge in [-0.1, -0.05) is 26.8 Å². The van der Waals surface area contributed by atoms with Crippen LogP contribution < -0.4 is 10.1 Å². The first-order chi connectivity index (χ1) is 18.5. The Morgan fingerprint density at radius 1 is 1.07 bits per heavy atom. The van der Waals surface area contributed by atoms with E-state index in [-0.39, 0.29) is 40.0 Å². The summed E-state index contributed by atoms with van der Waals surface area (Å²) in [7, 11) is -3.56. The molecule has 10 heteroatoms. The van der Waals surface area contributed by atoms with Crippen molar-refractivity contribution in [2.75, 3.05) is 11.1 Å². The van der Waals surface area contributed by atoms with Gasteiger partial charge in [0.2, 0.25) is 5.91 Å². The van der Waals surface area contributed by atoms with Crippen LogP contribution in [0.2, 0.25) is 0 Å². The van der Waals surface area contributed by atoms with Crippen LogP contribution in [0, 0.1) is 18.2 Å². The number of ether oxygens (including phenoxy) is 1. The zero-order valence-electron chi connectivity index (χ0n) is 23.9. The van der Waals surface area contributed by atoms with Gasteiger partial charge < -0.3 is 10.1 Å². The van der Waals surface area contributed by atoms with E-state index in [2.05, 4.69) is 15.4 Å². The first kappa shape index (κ1) is 29.2. The van der Waals surface area contributed by atoms with E-state index in [1.54, 1.807) is 42.2 Å². The molecule has 4 aromatic rings. The van der Waals surface area contributed by atoms with E-state index in [0.717, 1.165) is 0 Å². The standard InChI is InChI=1S/C30H35FN4O4S/c1-19-12-20(14-27(36)34-21-16-33-35(17-21)30(5,6)7)13-24(31)28(19)39-26-10-11-32-25-9-8-22(15-23(25)26)40(37,38)18-29(2,3)4/h8-13,15-17H,14,18H2,1-7H3,(H,34,36). The van der Waals surface area contributed by atoms with E-state index >= 15 is 4.39 Å². The fraction of sp³-hybridized carbons (Fsp3) is 0.367. The van der Waals surface area contributed by atoms with Crippen LogP contribution in [0.4, 0.5) is 10.1 Å². The Morgan fingerprint density at radius 2 is 1.80 bits per heavy atom. The van der Waals surface area contributed by atoms with Crippen LogP contribution in [-0.2, 0) is 26.6 Å². The van der Waals surface area contributed by atoms with Crippen molar-refractivity contribution in [2.45, 2.75) is 65.3 Å². The quantitative estimate of drug-likeness (QED) is 0.277. The fourth-order valence-electron chi connectivity index (χ4n) is 4.32. The van der Waals surface area contributed by atoms with Crippen molar-refractivity contribution in [2.24, 2.45) is 5.41 Å². The molecule has 212 valence electrons. The Hall–Kier alpha value is -3.79. The summed E-state index contributed by atoms with van der Waals surface area (Å²) in [6.07, 6.45) is 4.81. The van der Waals surface area contributed by atoms with Crippen molar-refractivity contribution in [3.8, 4) is 11.5 Å². The first-order valence-corrected chi connectivity index (χ1v) is 14.6. The van der Waals surface area contributed by atoms with Crippen LogP contribution in [0.15, 0.2) is 59.9 Å². The highest BCUT2D eigenvalue weighted by Gasteiger charge is 2.24. The average Bonchev–Trinajstić information content (AvgIpc) is 3.28. The predicted octanol–water partition coefficient (Wildman–Crippen LogP) is 6.43. The maximum atomic E-state index is 15.3. The summed E-state index contributed by atoms with van der Waals surface area (Å²) in [6.45, 7) is 13.3. The van der Waals surface area contributed by atoms with E-state index in [1.165, 1.54) is 24.4 Å². The number of amides is 1. The van der Waals surface area contributed by atoms with Gasteiger partial charge in [0, 0.05) is 17.8 Å². The molecule has 1 N–H and O–H groups in total. The summed E-state index contributed by atoms with van der Waals surface area (Å²) in [6, 6.07) is 9.20. The fourth-order valence-corrected chi connectivity index (χ4v) is 6.20. The number of carbonyl (C=O) groups excluding carboxylic acids is 1. The molecule has 0 aliphatic heterocycles. The van der Waals surface area contributed by atoms with Gasteiger partial charge >= 0.3 is 0 Å². The Kier molecular flexibility index (Phi) is 7.77. The molecule has 0 atom stereocenters. The normalized spacial score (nSPS) is 12.5. The molecule has 2 aromatic carbocycles. The van der Waals surface area contributed by atoms with Crippen LogP contribution in [0.1, 0.15) is 52.7 Å². The highest BCUT2D eigenvalue weighted by Crippen LogP contribution is 2.35. The monoisotopic (exact) mass is 566 g/mol. The number of carbonyl (C=O) groups is 1. The van der Waals surface area contributed by atoms with E-state index in [1.807, 2.05) is 41.5 Å². The molecule has 0 unspecified atom stereocenters. The zero-order valence-corrected chi connectivity index (χ0v) is 24.7. The second-order valence-corrected chi connectivity index (χ2v) is 14.2. The molecule has 4 rings (SSSR count). The summed E-state index contributed by atoms with van der Waals surface area (Å²) in [4.78, 5) is 17.1. The maximum Gasteiger partial charge on any atom is 0.228 e. The summed E-state index contributed by atoms with van der Waals surface area (Å²) in [5, 5.41) is 7.52. The lowest BCUT2D eigenvalue weighted by Crippen LogP contribution is -2.22. The number of pyridine rings is 1. The molecule has 0 bridgehead atoms. The van der Waals surface area contributed by atoms with E-state index in [0.29, 0.717) is 27.7 Å². The van der Waals surface area contributed by atoms with Crippen molar-refractivity contribution < 1.29 is 22.3 Å². The van der Waals surface area contributed by atoms with Crippen molar-refractivity contribution >= 4 is 32.3 Å². The van der Waals surface area contributed by atoms with Gasteiger partial charge in [0.15, 0.2) is 21.4 Å². The number of anilines is 1. The third-order valence-corrected chi connectivity index (χ3v) is 8.29. The van der Waals surface area contributed by atoms with Gasteiger partial charge in [0.05, 0.1) is 40.0 Å². The maximum absolute atomic E-state index is 15.3. The minimum absolute atomic E-state index is 0.00827. The van der Waals surface area contributed by atoms with E-state index in [4.69, 9.17) is 4.74 Å². The SMILES string of the molecule is Cc1cc(CC(=O)Nc2cnn(C(C)(C)C)c2)cc(F)c1Oc1ccnc2ccc(S(=O)(=O)CC(C)(C)C)cc12. The number of benzene rings is 2. The zero-order chi connectivity index (χ0) is 29.5. The minimum Gasteiger partial charge on any atom is -0.453 e. The first-order valence-electron chi connectivity index (χ1n) is 13.0. The molecule has 0 saturated carbocycles. The van der Waals surface area contributed by atoms with Crippen molar-refractivity contribution in [1.82, 2.24) is 14.8 Å². The number of halogens is 1. The number of sulfone groups is 1. The smallest absolute Gasteiger partial charge is 0.228 e. The molecular weight excluding hydrogens is 531 g/mol. The van der Waals surface area contributed by atoms with Crippen LogP contribution in [-0.4, -0.2) is 34.8 Å². The number of fused-ring (bicyclic) bond motifs is 1. The number of hydrogen-bond donors (Lipinski definition) is 1. The Labute approximate surface area is 234 Å². The van der Waals surface area contributed by atoms with Crippen molar-refractivity contribution in [3.63, 3.8) is 0 Å². The molecular formula is C30H35FN4O4S. The van der Waals surface area contributed by atoms with E-state index < -0.39 is 21.1 Å². The van der Waals surface area contributed by atoms with Crippen LogP contribution in [0.5, 0.6) is 11.5 Å². The Balaban J connectivity index is 1.56. The number of nitrogens with one attached hydrogen (secondary N) is 1. The van der Waals surface area contributed by atoms with Gasteiger partial charge in [0.1, 0.15) is 5.75 Å². The largest absolute Gasteiger partial charge is 0.453 e. The summed E-state index contributed by atoms with van der Waals surface area (Å²) in [5.74, 6) is -0.689. The molecule has 8 nitrogen and oxygen atoms in total. The Bertz CT molecular complexity index is 1660. The molecule has 0 fully saturated rings. The highest BCUT2D eigenvalue weighted by atomic mass is 32.2. The van der Waals surface area contributed by atoms with Gasteiger partial charge in [-0.2, -0.15) is 5.10 Å². The molecule has 0 aliphatic carbocycles. The lowest BCUT2D eigenvalue weighted by molar-refractivity contribution is -0.115. The average molecular weight is 567 g/mol. The molecule has 0 aliphatic rings. The van der Waals surface area contributed by atoms with Gasteiger partial charge in [-0.05, 0) is 74.6 Å². The molecule has 2 aromatic heterocycles. The summed E-state index contributed by atoms with van der Waals surface area (Å²) < 4.78 is 49.0. The highest BCUT2D eigenvalue weighted by molar-refractivity contribution is 7.91. The lowest BCUT2D eigenvalue weighted by Gasteiger charge is -2.18. The second kappa shape index (κ2) is 10.6. The molecule has 0 spiro atoms. The van der Waals surface area contributed by atoms with Gasteiger partial charge in [-0.3, -0.25) is 14.5 Å². The molecule has 2 heterocycles. The van der Waals surface area contributed by atoms with Crippen LogP contribution >= 0.6 is 0 Å². The number of aryl methyl sites for hydroxylation is 1. The molecule has 0 saturated heterocycles. The van der Waals surface area contributed by atoms with Crippen LogP contribution in [0.3, 0.4) is 0 Å². The molecule has 40 heavy (non-hydrogen) atoms. The topological polar surface area (TPSA) is 103 Å². The minimum atomic E-state index is -3.56. The third kappa shape index (κ3) is 6.85. The number of hydrogen-bond acceptors (Lipinski definition) is 6. The molecule has 0 radical (unpaired) electrons. The second-order valence-electron chi connectivity index (χ2n) is 12.2. The summed E-state index contributed by atoms with van der Waals surface area (Å²) in [5.41, 5.74) is 1.42. The van der Waals surface area contributed by atoms with E-state index in [9.17, 15) is 13.2 Å². The van der Waals surface area contributed by atoms with Crippen molar-refractivity contribution in [3.05, 3.63) is 71.9 Å². The number of nitrogens with zero attached hydrogens (tertiary/aromatic N) is 3. The number of rotatable bonds is 7. The third-order valence-electron chi connectivity index (χ3n) is 6.07. The lowest BCUT2D eigenvalue weighted by atomic mass is 10.0. The van der Waals surface area contributed by atoms with Crippen molar-refractivity contribution in [1.29, 1.82) is 0 Å². The summed E-state index contributed by atoms with van der Waals surface area (Å²) >= 11 is 0. The van der Waals surface area contributed by atoms with Crippen LogP contribution in [0.25, 0.3) is 10.9 Å². The molecule has 1 amide bonds. The Morgan fingerprint density at radius 3 is 2.42 bits per heavy atom. The van der Waals surface area contributed by atoms with Gasteiger partial charge in [-0.15, -0.1) is 0 Å². The van der Waals surface area contributed by atoms with Gasteiger partial charge in [0.25, 0.3) is 0 Å². The van der Waals surface area contributed by atoms with Gasteiger partial charge in [-0.25, -0.2) is 12.8 Å².